The van der Waals surface area contributed by atoms with Crippen molar-refractivity contribution in [3.8, 4) is 0 Å². The second-order valence-electron chi connectivity index (χ2n) is 10.8. The van der Waals surface area contributed by atoms with E-state index in [2.05, 4.69) is 31.6 Å². The van der Waals surface area contributed by atoms with Crippen molar-refractivity contribution < 1.29 is 18.8 Å². The number of amides is 3. The van der Waals surface area contributed by atoms with Crippen LogP contribution in [0.5, 0.6) is 0 Å². The Kier molecular flexibility index (Phi) is 7.02. The van der Waals surface area contributed by atoms with Crippen LogP contribution in [0.2, 0.25) is 0 Å². The number of rotatable bonds is 6. The highest BCUT2D eigenvalue weighted by molar-refractivity contribution is 6.05. The van der Waals surface area contributed by atoms with Gasteiger partial charge in [-0.3, -0.25) is 24.6 Å². The summed E-state index contributed by atoms with van der Waals surface area (Å²) in [6, 6.07) is 12.5. The quantitative estimate of drug-likeness (QED) is 0.456. The average Bonchev–Trinajstić information content (AvgIpc) is 3.26. The molecule has 2 saturated heterocycles. The third kappa shape index (κ3) is 5.19. The normalized spacial score (nSPS) is 20.0. The minimum Gasteiger partial charge on any atom is -0.322 e. The third-order valence-electron chi connectivity index (χ3n) is 8.12. The summed E-state index contributed by atoms with van der Waals surface area (Å²) in [5.74, 6) is -0.419. The van der Waals surface area contributed by atoms with Gasteiger partial charge in [0.1, 0.15) is 6.04 Å². The molecule has 2 fully saturated rings. The first-order chi connectivity index (χ1) is 19.4. The predicted octanol–water partition coefficient (Wildman–Crippen LogP) is 3.81. The van der Waals surface area contributed by atoms with E-state index in [9.17, 15) is 14.4 Å². The molecule has 3 aromatic rings. The third-order valence-corrected chi connectivity index (χ3v) is 8.12. The molecule has 0 bridgehead atoms. The van der Waals surface area contributed by atoms with Crippen LogP contribution in [0.15, 0.2) is 48.7 Å². The first-order valence-electron chi connectivity index (χ1n) is 13.7. The van der Waals surface area contributed by atoms with Crippen molar-refractivity contribution in [3.63, 3.8) is 0 Å². The Balaban J connectivity index is 1.08. The van der Waals surface area contributed by atoms with E-state index in [-0.39, 0.29) is 24.1 Å². The predicted molar refractivity (Wildman–Crippen MR) is 146 cm³/mol. The number of aromatic nitrogens is 2. The highest BCUT2D eigenvalue weighted by Crippen LogP contribution is 2.34. The summed E-state index contributed by atoms with van der Waals surface area (Å²) in [4.78, 5) is 49.2. The molecule has 1 atom stereocenters. The molecule has 6 rings (SSSR count). The van der Waals surface area contributed by atoms with Gasteiger partial charge in [0.25, 0.3) is 5.91 Å². The molecule has 4 heterocycles. The molecule has 3 aliphatic rings. The van der Waals surface area contributed by atoms with Crippen LogP contribution in [0, 0.1) is 12.7 Å². The molecule has 2 aromatic carbocycles. The van der Waals surface area contributed by atoms with E-state index in [1.165, 1.54) is 5.56 Å². The van der Waals surface area contributed by atoms with Crippen molar-refractivity contribution >= 4 is 29.4 Å². The lowest BCUT2D eigenvalue weighted by atomic mass is 9.87. The van der Waals surface area contributed by atoms with Crippen LogP contribution in [0.25, 0.3) is 0 Å². The van der Waals surface area contributed by atoms with E-state index in [1.54, 1.807) is 23.2 Å². The monoisotopic (exact) mass is 542 g/mol. The maximum absolute atomic E-state index is 15.3. The topological polar surface area (TPSA) is 108 Å². The van der Waals surface area contributed by atoms with E-state index < -0.39 is 11.9 Å². The number of fused-ring (bicyclic) bond motifs is 1. The summed E-state index contributed by atoms with van der Waals surface area (Å²) in [6.45, 7) is 4.43. The number of carbonyl (C=O) groups is 3. The zero-order chi connectivity index (χ0) is 27.8. The molecule has 0 aliphatic carbocycles. The van der Waals surface area contributed by atoms with E-state index in [0.29, 0.717) is 48.2 Å². The number of benzene rings is 2. The van der Waals surface area contributed by atoms with Gasteiger partial charge in [-0.25, -0.2) is 14.4 Å². The van der Waals surface area contributed by atoms with Crippen LogP contribution in [0.1, 0.15) is 64.3 Å². The van der Waals surface area contributed by atoms with E-state index >= 15 is 4.39 Å². The van der Waals surface area contributed by atoms with E-state index in [4.69, 9.17) is 0 Å². The zero-order valence-corrected chi connectivity index (χ0v) is 22.3. The van der Waals surface area contributed by atoms with Crippen LogP contribution in [0.3, 0.4) is 0 Å². The number of halogens is 1. The summed E-state index contributed by atoms with van der Waals surface area (Å²) >= 11 is 0. The first kappa shape index (κ1) is 26.1. The van der Waals surface area contributed by atoms with Gasteiger partial charge in [0, 0.05) is 42.5 Å². The number of aryl methyl sites for hydroxylation is 1. The van der Waals surface area contributed by atoms with Crippen molar-refractivity contribution in [1.82, 2.24) is 25.1 Å². The molecular weight excluding hydrogens is 511 g/mol. The molecule has 10 heteroatoms. The lowest BCUT2D eigenvalue weighted by molar-refractivity contribution is -0.136. The van der Waals surface area contributed by atoms with Gasteiger partial charge in [-0.2, -0.15) is 0 Å². The maximum Gasteiger partial charge on any atom is 0.255 e. The number of carbonyl (C=O) groups excluding carboxylic acids is 3. The number of imide groups is 1. The van der Waals surface area contributed by atoms with Gasteiger partial charge in [-0.15, -0.1) is 0 Å². The van der Waals surface area contributed by atoms with Gasteiger partial charge in [0.05, 0.1) is 5.69 Å². The molecule has 0 radical (unpaired) electrons. The fourth-order valence-electron chi connectivity index (χ4n) is 5.94. The molecule has 206 valence electrons. The van der Waals surface area contributed by atoms with Crippen LogP contribution >= 0.6 is 0 Å². The van der Waals surface area contributed by atoms with E-state index in [0.717, 1.165) is 37.2 Å². The maximum atomic E-state index is 15.3. The smallest absolute Gasteiger partial charge is 0.255 e. The molecule has 3 aliphatic heterocycles. The molecule has 1 unspecified atom stereocenters. The van der Waals surface area contributed by atoms with Gasteiger partial charge < -0.3 is 10.2 Å². The summed E-state index contributed by atoms with van der Waals surface area (Å²) < 4.78 is 15.3. The van der Waals surface area contributed by atoms with Gasteiger partial charge in [-0.05, 0) is 74.5 Å². The summed E-state index contributed by atoms with van der Waals surface area (Å²) in [7, 11) is 0. The Morgan fingerprint density at radius 3 is 2.67 bits per heavy atom. The van der Waals surface area contributed by atoms with Gasteiger partial charge in [0.2, 0.25) is 17.8 Å². The van der Waals surface area contributed by atoms with Crippen molar-refractivity contribution in [2.45, 2.75) is 57.7 Å². The Bertz CT molecular complexity index is 1490. The molecule has 40 heavy (non-hydrogen) atoms. The number of hydrogen-bond acceptors (Lipinski definition) is 7. The SMILES string of the molecule is Cc1ccnc(Nc2cccc(CN3CCC(c4ccc5c(c4)CN(C4CCC(=O)NC4=O)C5=O)CC3)c2F)n1. The number of anilines is 2. The Labute approximate surface area is 231 Å². The van der Waals surface area contributed by atoms with Crippen molar-refractivity contribution in [1.29, 1.82) is 0 Å². The largest absolute Gasteiger partial charge is 0.322 e. The molecule has 0 spiro atoms. The number of nitrogens with zero attached hydrogens (tertiary/aromatic N) is 4. The van der Waals surface area contributed by atoms with Crippen molar-refractivity contribution in [2.24, 2.45) is 0 Å². The zero-order valence-electron chi connectivity index (χ0n) is 22.3. The van der Waals surface area contributed by atoms with Gasteiger partial charge in [-0.1, -0.05) is 24.3 Å². The Hall–Kier alpha value is -4.18. The van der Waals surface area contributed by atoms with Crippen LogP contribution in [-0.4, -0.2) is 56.6 Å². The van der Waals surface area contributed by atoms with Crippen molar-refractivity contribution in [2.75, 3.05) is 18.4 Å². The summed E-state index contributed by atoms with van der Waals surface area (Å²) in [5, 5.41) is 5.34. The Morgan fingerprint density at radius 2 is 1.90 bits per heavy atom. The second-order valence-corrected chi connectivity index (χ2v) is 10.8. The second kappa shape index (κ2) is 10.8. The number of hydrogen-bond donors (Lipinski definition) is 2. The minimum absolute atomic E-state index is 0.154. The lowest BCUT2D eigenvalue weighted by Crippen LogP contribution is -2.52. The molecule has 0 saturated carbocycles. The number of likely N-dealkylation sites (tertiary alicyclic amines) is 1. The number of nitrogens with one attached hydrogen (secondary N) is 2. The number of piperidine rings is 2. The standard InChI is InChI=1S/C30H31FN6O3/c1-18-9-12-32-30(33-18)34-24-4-2-3-21(27(24)31)16-36-13-10-19(11-14-36)20-5-6-23-22(15-20)17-37(29(23)40)25-7-8-26(38)35-28(25)39/h2-6,9,12,15,19,25H,7-8,10-11,13-14,16-17H2,1H3,(H,32,33,34)(H,35,38,39). The summed E-state index contributed by atoms with van der Waals surface area (Å²) in [6.07, 6.45) is 4.10. The minimum atomic E-state index is -0.609. The molecular formula is C30H31FN6O3. The van der Waals surface area contributed by atoms with Gasteiger partial charge >= 0.3 is 0 Å². The lowest BCUT2D eigenvalue weighted by Gasteiger charge is -2.32. The first-order valence-corrected chi connectivity index (χ1v) is 13.7. The van der Waals surface area contributed by atoms with Crippen LogP contribution in [-0.2, 0) is 22.7 Å². The van der Waals surface area contributed by atoms with Gasteiger partial charge in [0.15, 0.2) is 5.82 Å². The fourth-order valence-corrected chi connectivity index (χ4v) is 5.94. The molecule has 2 N–H and O–H groups in total. The van der Waals surface area contributed by atoms with Crippen LogP contribution in [0.4, 0.5) is 16.0 Å². The molecule has 1 aromatic heterocycles. The van der Waals surface area contributed by atoms with E-state index in [1.807, 2.05) is 31.2 Å². The van der Waals surface area contributed by atoms with Crippen molar-refractivity contribution in [3.05, 3.63) is 82.4 Å². The highest BCUT2D eigenvalue weighted by atomic mass is 19.1. The summed E-state index contributed by atoms with van der Waals surface area (Å²) in [5.41, 5.74) is 4.53. The fraction of sp³-hybridized carbons (Fsp3) is 0.367. The molecule has 9 nitrogen and oxygen atoms in total. The average molecular weight is 543 g/mol. The Morgan fingerprint density at radius 1 is 1.07 bits per heavy atom. The highest BCUT2D eigenvalue weighted by Gasteiger charge is 2.39. The van der Waals surface area contributed by atoms with Crippen LogP contribution < -0.4 is 10.6 Å². The molecule has 3 amide bonds.